The molecule has 0 spiro atoms. The summed E-state index contributed by atoms with van der Waals surface area (Å²) in [6.07, 6.45) is 0.787. The lowest BCUT2D eigenvalue weighted by Gasteiger charge is -2.33. The Balaban J connectivity index is 2.27. The van der Waals surface area contributed by atoms with E-state index in [4.69, 9.17) is 10.5 Å². The number of nitrogens with one attached hydrogen (secondary N) is 1. The molecule has 0 radical (unpaired) electrons. The molecular weight excluding hydrogens is 458 g/mol. The van der Waals surface area contributed by atoms with Crippen molar-refractivity contribution in [2.45, 2.75) is 77.6 Å². The Labute approximate surface area is 214 Å². The summed E-state index contributed by atoms with van der Waals surface area (Å²) in [6, 6.07) is 11.3. The molecule has 0 aliphatic carbocycles. The molecule has 8 heteroatoms. The lowest BCUT2D eigenvalue weighted by molar-refractivity contribution is -0.158. The number of likely N-dealkylation sites (N-methyl/N-ethyl adjacent to an activating group) is 1. The van der Waals surface area contributed by atoms with E-state index in [1.807, 2.05) is 56.3 Å². The number of nitrogens with two attached hydrogens (primary N) is 1. The maximum Gasteiger partial charge on any atom is 0.323 e. The number of carbonyl (C=O) groups excluding carboxylic acids is 3. The van der Waals surface area contributed by atoms with Gasteiger partial charge < -0.3 is 20.5 Å². The van der Waals surface area contributed by atoms with Crippen LogP contribution in [0.25, 0.3) is 10.8 Å². The van der Waals surface area contributed by atoms with Crippen molar-refractivity contribution < 1.29 is 24.2 Å². The molecule has 0 saturated heterocycles. The van der Waals surface area contributed by atoms with Gasteiger partial charge in [0, 0.05) is 20.1 Å². The quantitative estimate of drug-likeness (QED) is 0.386. The number of amides is 2. The van der Waals surface area contributed by atoms with Crippen molar-refractivity contribution in [3.05, 3.63) is 48.0 Å². The fourth-order valence-corrected chi connectivity index (χ4v) is 4.14. The second-order valence-corrected chi connectivity index (χ2v) is 10.7. The Morgan fingerprint density at radius 3 is 2.25 bits per heavy atom. The predicted octanol–water partition coefficient (Wildman–Crippen LogP) is 2.79. The van der Waals surface area contributed by atoms with Crippen LogP contribution in [0.1, 0.15) is 53.0 Å². The minimum Gasteiger partial charge on any atom is -0.459 e. The van der Waals surface area contributed by atoms with Gasteiger partial charge in [-0.3, -0.25) is 19.7 Å². The molecule has 2 aromatic rings. The van der Waals surface area contributed by atoms with Crippen molar-refractivity contribution >= 4 is 28.6 Å². The van der Waals surface area contributed by atoms with E-state index in [0.717, 1.165) is 16.3 Å². The molecule has 2 amide bonds. The zero-order chi connectivity index (χ0) is 27.0. The highest BCUT2D eigenvalue weighted by molar-refractivity contribution is 5.90. The SMILES string of the molecule is CC(C)C[C@H](N[C@H](CCO)C(=O)OC(C)(C)C)C(=O)N(C)[C@@H](Cc1ccc2ccccc2c1)C(N)=O. The molecule has 0 aromatic heterocycles. The van der Waals surface area contributed by atoms with Crippen LogP contribution in [0.2, 0.25) is 0 Å². The Morgan fingerprint density at radius 1 is 1.06 bits per heavy atom. The van der Waals surface area contributed by atoms with E-state index in [0.29, 0.717) is 6.42 Å². The standard InChI is InChI=1S/C28H41N3O5/c1-18(2)15-23(30-22(13-14-32)27(35)36-28(3,4)5)26(34)31(6)24(25(29)33)17-19-11-12-20-9-7-8-10-21(20)16-19/h7-12,16,18,22-24,30,32H,13-15,17H2,1-6H3,(H2,29,33)/t22-,23+,24+/m1/s1. The fraction of sp³-hybridized carbons (Fsp3) is 0.536. The van der Waals surface area contributed by atoms with Gasteiger partial charge in [0.1, 0.15) is 17.7 Å². The topological polar surface area (TPSA) is 122 Å². The first-order chi connectivity index (χ1) is 16.8. The van der Waals surface area contributed by atoms with Crippen LogP contribution in [0.5, 0.6) is 0 Å². The Bertz CT molecular complexity index is 1050. The molecule has 0 unspecified atom stereocenters. The fourth-order valence-electron chi connectivity index (χ4n) is 4.14. The average molecular weight is 500 g/mol. The minimum atomic E-state index is -0.872. The summed E-state index contributed by atoms with van der Waals surface area (Å²) in [6.45, 7) is 8.97. The molecule has 8 nitrogen and oxygen atoms in total. The monoisotopic (exact) mass is 499 g/mol. The second-order valence-electron chi connectivity index (χ2n) is 10.7. The molecule has 36 heavy (non-hydrogen) atoms. The minimum absolute atomic E-state index is 0.0941. The normalized spacial score (nSPS) is 14.3. The summed E-state index contributed by atoms with van der Waals surface area (Å²) in [4.78, 5) is 40.2. The van der Waals surface area contributed by atoms with E-state index in [1.165, 1.54) is 4.90 Å². The summed E-state index contributed by atoms with van der Waals surface area (Å²) in [5.41, 5.74) is 5.92. The molecule has 0 bridgehead atoms. The highest BCUT2D eigenvalue weighted by atomic mass is 16.6. The van der Waals surface area contributed by atoms with Gasteiger partial charge >= 0.3 is 5.97 Å². The van der Waals surface area contributed by atoms with Crippen LogP contribution in [-0.4, -0.2) is 65.2 Å². The summed E-state index contributed by atoms with van der Waals surface area (Å²) >= 11 is 0. The van der Waals surface area contributed by atoms with Gasteiger partial charge in [0.15, 0.2) is 0 Å². The summed E-state index contributed by atoms with van der Waals surface area (Å²) in [5.74, 6) is -1.37. The van der Waals surface area contributed by atoms with Crippen LogP contribution in [0, 0.1) is 5.92 Å². The van der Waals surface area contributed by atoms with Crippen LogP contribution < -0.4 is 11.1 Å². The summed E-state index contributed by atoms with van der Waals surface area (Å²) in [5, 5.41) is 14.7. The van der Waals surface area contributed by atoms with Crippen LogP contribution in [0.3, 0.4) is 0 Å². The number of aliphatic hydroxyl groups excluding tert-OH is 1. The van der Waals surface area contributed by atoms with Crippen molar-refractivity contribution in [3.8, 4) is 0 Å². The van der Waals surface area contributed by atoms with Gasteiger partial charge in [0.2, 0.25) is 11.8 Å². The van der Waals surface area contributed by atoms with Gasteiger partial charge in [-0.2, -0.15) is 0 Å². The first-order valence-electron chi connectivity index (χ1n) is 12.5. The zero-order valence-electron chi connectivity index (χ0n) is 22.3. The van der Waals surface area contributed by atoms with E-state index < -0.39 is 35.6 Å². The van der Waals surface area contributed by atoms with Crippen LogP contribution in [-0.2, 0) is 25.5 Å². The van der Waals surface area contributed by atoms with Gasteiger partial charge in [0.05, 0.1) is 6.04 Å². The smallest absolute Gasteiger partial charge is 0.323 e. The van der Waals surface area contributed by atoms with Crippen LogP contribution in [0.4, 0.5) is 0 Å². The molecule has 2 rings (SSSR count). The van der Waals surface area contributed by atoms with E-state index in [2.05, 4.69) is 5.32 Å². The van der Waals surface area contributed by atoms with Crippen molar-refractivity contribution in [2.24, 2.45) is 11.7 Å². The number of ether oxygens (including phenoxy) is 1. The average Bonchev–Trinajstić information content (AvgIpc) is 2.79. The number of esters is 1. The molecule has 0 heterocycles. The number of hydrogen-bond acceptors (Lipinski definition) is 6. The molecule has 4 N–H and O–H groups in total. The maximum atomic E-state index is 13.6. The Kier molecular flexibility index (Phi) is 10.4. The van der Waals surface area contributed by atoms with Crippen LogP contribution in [0.15, 0.2) is 42.5 Å². The number of fused-ring (bicyclic) bond motifs is 1. The van der Waals surface area contributed by atoms with Gasteiger partial charge in [-0.05, 0) is 55.9 Å². The lowest BCUT2D eigenvalue weighted by atomic mass is 9.98. The molecule has 3 atom stereocenters. The number of carbonyl (C=O) groups is 3. The van der Waals surface area contributed by atoms with E-state index in [1.54, 1.807) is 27.8 Å². The number of hydrogen-bond donors (Lipinski definition) is 3. The molecule has 0 aliphatic rings. The predicted molar refractivity (Wildman–Crippen MR) is 141 cm³/mol. The molecule has 0 saturated carbocycles. The number of aliphatic hydroxyl groups is 1. The summed E-state index contributed by atoms with van der Waals surface area (Å²) in [7, 11) is 1.56. The Hall–Kier alpha value is -2.97. The molecular formula is C28H41N3O5. The number of rotatable bonds is 12. The first kappa shape index (κ1) is 29.3. The van der Waals surface area contributed by atoms with Crippen molar-refractivity contribution in [1.29, 1.82) is 0 Å². The first-order valence-corrected chi connectivity index (χ1v) is 12.5. The maximum absolute atomic E-state index is 13.6. The largest absolute Gasteiger partial charge is 0.459 e. The zero-order valence-corrected chi connectivity index (χ0v) is 22.3. The Morgan fingerprint density at radius 2 is 1.69 bits per heavy atom. The third kappa shape index (κ3) is 8.60. The van der Waals surface area contributed by atoms with Crippen molar-refractivity contribution in [1.82, 2.24) is 10.2 Å². The van der Waals surface area contributed by atoms with Gasteiger partial charge in [-0.15, -0.1) is 0 Å². The van der Waals surface area contributed by atoms with Crippen molar-refractivity contribution in [2.75, 3.05) is 13.7 Å². The highest BCUT2D eigenvalue weighted by Crippen LogP contribution is 2.19. The third-order valence-electron chi connectivity index (χ3n) is 5.90. The van der Waals surface area contributed by atoms with Crippen LogP contribution >= 0.6 is 0 Å². The third-order valence-corrected chi connectivity index (χ3v) is 5.90. The van der Waals surface area contributed by atoms with E-state index >= 15 is 0 Å². The number of primary amides is 1. The van der Waals surface area contributed by atoms with E-state index in [-0.39, 0.29) is 31.3 Å². The number of benzene rings is 2. The molecule has 2 aromatic carbocycles. The highest BCUT2D eigenvalue weighted by Gasteiger charge is 2.34. The molecule has 0 aliphatic heterocycles. The molecule has 198 valence electrons. The van der Waals surface area contributed by atoms with Gasteiger partial charge in [0.25, 0.3) is 0 Å². The number of nitrogens with zero attached hydrogens (tertiary/aromatic N) is 1. The van der Waals surface area contributed by atoms with Crippen molar-refractivity contribution in [3.63, 3.8) is 0 Å². The lowest BCUT2D eigenvalue weighted by Crippen LogP contribution is -2.57. The van der Waals surface area contributed by atoms with E-state index in [9.17, 15) is 19.5 Å². The summed E-state index contributed by atoms with van der Waals surface area (Å²) < 4.78 is 5.49. The molecule has 0 fully saturated rings. The van der Waals surface area contributed by atoms with Gasteiger partial charge in [-0.25, -0.2) is 0 Å². The second kappa shape index (κ2) is 12.8. The van der Waals surface area contributed by atoms with Gasteiger partial charge in [-0.1, -0.05) is 56.3 Å².